The van der Waals surface area contributed by atoms with Crippen LogP contribution in [0.2, 0.25) is 5.02 Å². The lowest BCUT2D eigenvalue weighted by molar-refractivity contribution is 0.0970. The summed E-state index contributed by atoms with van der Waals surface area (Å²) < 4.78 is 6.06. The van der Waals surface area contributed by atoms with Crippen LogP contribution in [-0.4, -0.2) is 12.6 Å². The van der Waals surface area contributed by atoms with Gasteiger partial charge in [0.15, 0.2) is 0 Å². The Morgan fingerprint density at radius 3 is 2.88 bits per heavy atom. The number of halogens is 1. The lowest BCUT2D eigenvalue weighted by Crippen LogP contribution is -2.35. The van der Waals surface area contributed by atoms with E-state index in [2.05, 4.69) is 0 Å². The maximum Gasteiger partial charge on any atom is 0.138 e. The number of nitrogens with two attached hydrogens (primary N) is 1. The van der Waals surface area contributed by atoms with Gasteiger partial charge in [-0.05, 0) is 50.4 Å². The molecule has 1 aromatic rings. The van der Waals surface area contributed by atoms with E-state index in [-0.39, 0.29) is 6.10 Å². The molecule has 94 valence electrons. The number of benzene rings is 1. The van der Waals surface area contributed by atoms with Gasteiger partial charge < -0.3 is 10.5 Å². The highest BCUT2D eigenvalue weighted by atomic mass is 35.5. The van der Waals surface area contributed by atoms with Crippen LogP contribution in [0.5, 0.6) is 5.75 Å². The molecule has 0 saturated heterocycles. The molecular weight excluding hydrogens is 234 g/mol. The molecule has 0 aliphatic heterocycles. The molecule has 2 nitrogen and oxygen atoms in total. The minimum atomic E-state index is 0.230. The maximum absolute atomic E-state index is 6.15. The third-order valence-electron chi connectivity index (χ3n) is 3.51. The van der Waals surface area contributed by atoms with Crippen molar-refractivity contribution in [1.82, 2.24) is 0 Å². The molecular formula is C14H20ClNO. The quantitative estimate of drug-likeness (QED) is 0.894. The van der Waals surface area contributed by atoms with Crippen LogP contribution in [0.3, 0.4) is 0 Å². The molecule has 2 N–H and O–H groups in total. The largest absolute Gasteiger partial charge is 0.489 e. The second-order valence-electron chi connectivity index (χ2n) is 4.87. The molecule has 0 radical (unpaired) electrons. The Bertz CT molecular complexity index is 380. The highest BCUT2D eigenvalue weighted by Gasteiger charge is 2.26. The first-order valence-electron chi connectivity index (χ1n) is 6.33. The van der Waals surface area contributed by atoms with Crippen molar-refractivity contribution in [3.8, 4) is 5.75 Å². The number of hydrogen-bond acceptors (Lipinski definition) is 2. The summed E-state index contributed by atoms with van der Waals surface area (Å²) in [7, 11) is 0. The topological polar surface area (TPSA) is 35.2 Å². The van der Waals surface area contributed by atoms with Gasteiger partial charge in [-0.1, -0.05) is 24.1 Å². The minimum absolute atomic E-state index is 0.230. The van der Waals surface area contributed by atoms with Gasteiger partial charge in [0.25, 0.3) is 0 Å². The number of ether oxygens (including phenoxy) is 1. The van der Waals surface area contributed by atoms with E-state index in [4.69, 9.17) is 22.1 Å². The zero-order chi connectivity index (χ0) is 12.3. The molecule has 1 saturated carbocycles. The van der Waals surface area contributed by atoms with Crippen molar-refractivity contribution in [2.24, 2.45) is 11.7 Å². The van der Waals surface area contributed by atoms with Crippen molar-refractivity contribution in [3.05, 3.63) is 28.8 Å². The summed E-state index contributed by atoms with van der Waals surface area (Å²) in [6, 6.07) is 5.90. The Kier molecular flexibility index (Phi) is 4.30. The first-order valence-corrected chi connectivity index (χ1v) is 6.71. The molecule has 17 heavy (non-hydrogen) atoms. The van der Waals surface area contributed by atoms with E-state index in [9.17, 15) is 0 Å². The van der Waals surface area contributed by atoms with Gasteiger partial charge in [0.05, 0.1) is 5.02 Å². The smallest absolute Gasteiger partial charge is 0.138 e. The van der Waals surface area contributed by atoms with E-state index in [1.807, 2.05) is 25.1 Å². The van der Waals surface area contributed by atoms with E-state index < -0.39 is 0 Å². The van der Waals surface area contributed by atoms with E-state index in [0.29, 0.717) is 17.5 Å². The summed E-state index contributed by atoms with van der Waals surface area (Å²) in [6.45, 7) is 2.75. The van der Waals surface area contributed by atoms with Crippen LogP contribution in [0, 0.1) is 12.8 Å². The lowest BCUT2D eigenvalue weighted by Gasteiger charge is -2.31. The third-order valence-corrected chi connectivity index (χ3v) is 3.82. The van der Waals surface area contributed by atoms with Crippen LogP contribution in [0.1, 0.15) is 31.2 Å². The van der Waals surface area contributed by atoms with Gasteiger partial charge in [-0.2, -0.15) is 0 Å². The zero-order valence-electron chi connectivity index (χ0n) is 10.3. The number of rotatable bonds is 3. The fourth-order valence-corrected chi connectivity index (χ4v) is 2.62. The minimum Gasteiger partial charge on any atom is -0.489 e. The normalized spacial score (nSPS) is 24.6. The van der Waals surface area contributed by atoms with Crippen LogP contribution in [-0.2, 0) is 0 Å². The van der Waals surface area contributed by atoms with E-state index in [1.54, 1.807) is 0 Å². The summed E-state index contributed by atoms with van der Waals surface area (Å²) in [5.41, 5.74) is 6.97. The van der Waals surface area contributed by atoms with Crippen molar-refractivity contribution in [3.63, 3.8) is 0 Å². The van der Waals surface area contributed by atoms with Crippen molar-refractivity contribution < 1.29 is 4.74 Å². The van der Waals surface area contributed by atoms with Crippen LogP contribution in [0.4, 0.5) is 0 Å². The number of aryl methyl sites for hydroxylation is 1. The molecule has 2 unspecified atom stereocenters. The average Bonchev–Trinajstić information content (AvgIpc) is 2.34. The predicted octanol–water partition coefficient (Wildman–Crippen LogP) is 3.54. The van der Waals surface area contributed by atoms with Crippen molar-refractivity contribution in [2.75, 3.05) is 6.54 Å². The standard InChI is InChI=1S/C14H20ClNO/c1-10-6-7-12(15)14(8-10)17-13-5-3-2-4-11(13)9-16/h6-8,11,13H,2-5,9,16H2,1H3. The molecule has 0 heterocycles. The molecule has 1 aliphatic rings. The highest BCUT2D eigenvalue weighted by Crippen LogP contribution is 2.32. The van der Waals surface area contributed by atoms with Gasteiger partial charge in [0, 0.05) is 5.92 Å². The van der Waals surface area contributed by atoms with Crippen molar-refractivity contribution in [2.45, 2.75) is 38.7 Å². The monoisotopic (exact) mass is 253 g/mol. The van der Waals surface area contributed by atoms with E-state index in [1.165, 1.54) is 24.8 Å². The number of hydrogen-bond donors (Lipinski definition) is 1. The molecule has 0 bridgehead atoms. The summed E-state index contributed by atoms with van der Waals surface area (Å²) in [5, 5.41) is 0.692. The molecule has 2 atom stereocenters. The zero-order valence-corrected chi connectivity index (χ0v) is 11.0. The Morgan fingerprint density at radius 2 is 2.12 bits per heavy atom. The van der Waals surface area contributed by atoms with Crippen LogP contribution in [0.25, 0.3) is 0 Å². The highest BCUT2D eigenvalue weighted by molar-refractivity contribution is 6.32. The van der Waals surface area contributed by atoms with Gasteiger partial charge in [-0.25, -0.2) is 0 Å². The molecule has 0 amide bonds. The Morgan fingerprint density at radius 1 is 1.35 bits per heavy atom. The van der Waals surface area contributed by atoms with Gasteiger partial charge in [0.1, 0.15) is 11.9 Å². The Labute approximate surface area is 108 Å². The molecule has 0 spiro atoms. The molecule has 0 aromatic heterocycles. The summed E-state index contributed by atoms with van der Waals surface area (Å²) >= 11 is 6.15. The van der Waals surface area contributed by atoms with Gasteiger partial charge >= 0.3 is 0 Å². The fourth-order valence-electron chi connectivity index (χ4n) is 2.46. The summed E-state index contributed by atoms with van der Waals surface area (Å²) in [4.78, 5) is 0. The first kappa shape index (κ1) is 12.7. The lowest BCUT2D eigenvalue weighted by atomic mass is 9.86. The molecule has 1 aromatic carbocycles. The molecule has 1 fully saturated rings. The summed E-state index contributed by atoms with van der Waals surface area (Å²) in [6.07, 6.45) is 4.98. The second kappa shape index (κ2) is 5.74. The molecule has 3 heteroatoms. The van der Waals surface area contributed by atoms with Gasteiger partial charge in [-0.15, -0.1) is 0 Å². The Balaban J connectivity index is 2.10. The van der Waals surface area contributed by atoms with Crippen LogP contribution in [0.15, 0.2) is 18.2 Å². The van der Waals surface area contributed by atoms with Crippen molar-refractivity contribution in [1.29, 1.82) is 0 Å². The van der Waals surface area contributed by atoms with E-state index in [0.717, 1.165) is 12.2 Å². The predicted molar refractivity (Wildman–Crippen MR) is 71.6 cm³/mol. The SMILES string of the molecule is Cc1ccc(Cl)c(OC2CCCCC2CN)c1. The van der Waals surface area contributed by atoms with Crippen LogP contribution < -0.4 is 10.5 Å². The Hall–Kier alpha value is -0.730. The first-order chi connectivity index (χ1) is 8.20. The average molecular weight is 254 g/mol. The van der Waals surface area contributed by atoms with Crippen molar-refractivity contribution >= 4 is 11.6 Å². The fraction of sp³-hybridized carbons (Fsp3) is 0.571. The van der Waals surface area contributed by atoms with Gasteiger partial charge in [-0.3, -0.25) is 0 Å². The molecule has 2 rings (SSSR count). The maximum atomic E-state index is 6.15. The van der Waals surface area contributed by atoms with Crippen LogP contribution >= 0.6 is 11.6 Å². The van der Waals surface area contributed by atoms with E-state index >= 15 is 0 Å². The van der Waals surface area contributed by atoms with Gasteiger partial charge in [0.2, 0.25) is 0 Å². The molecule has 1 aliphatic carbocycles. The summed E-state index contributed by atoms with van der Waals surface area (Å²) in [5.74, 6) is 1.28. The second-order valence-corrected chi connectivity index (χ2v) is 5.28. The third kappa shape index (κ3) is 3.14.